The summed E-state index contributed by atoms with van der Waals surface area (Å²) in [4.78, 5) is 11.7. The minimum Gasteiger partial charge on any atom is -0.461 e. The standard InChI is InChI=1S/C29H51NO2/c1-19(2)7-6-8-20(3)24-11-12-25-23-10-9-21-17-22(32-27(31)18-30)13-15-28(21,4)26(23)14-16-29(24,25)5/h19-26H,6-18,30H2,1-5H3/t20-,21?,22?,23+,24-,25+,26+,28+,29-/m1/s1. The molecule has 0 amide bonds. The molecule has 4 aliphatic carbocycles. The Bertz CT molecular complexity index is 662. The average molecular weight is 446 g/mol. The second kappa shape index (κ2) is 9.59. The van der Waals surface area contributed by atoms with E-state index >= 15 is 0 Å². The van der Waals surface area contributed by atoms with Gasteiger partial charge in [0.25, 0.3) is 0 Å². The third-order valence-corrected chi connectivity index (χ3v) is 11.3. The van der Waals surface area contributed by atoms with Crippen LogP contribution in [0.5, 0.6) is 0 Å². The second-order valence-corrected chi connectivity index (χ2v) is 13.3. The van der Waals surface area contributed by atoms with Crippen molar-refractivity contribution in [1.82, 2.24) is 0 Å². The summed E-state index contributed by atoms with van der Waals surface area (Å²) in [6, 6.07) is 0. The van der Waals surface area contributed by atoms with E-state index in [9.17, 15) is 4.79 Å². The van der Waals surface area contributed by atoms with Crippen molar-refractivity contribution in [3.8, 4) is 0 Å². The highest BCUT2D eigenvalue weighted by atomic mass is 16.5. The number of carbonyl (C=O) groups is 1. The van der Waals surface area contributed by atoms with E-state index in [1.165, 1.54) is 64.2 Å². The molecule has 0 radical (unpaired) electrons. The zero-order chi connectivity index (χ0) is 23.1. The quantitative estimate of drug-likeness (QED) is 0.430. The lowest BCUT2D eigenvalue weighted by molar-refractivity contribution is -0.161. The Labute approximate surface area is 198 Å². The van der Waals surface area contributed by atoms with E-state index in [2.05, 4.69) is 34.6 Å². The third kappa shape index (κ3) is 4.41. The van der Waals surface area contributed by atoms with Crippen LogP contribution in [0, 0.1) is 52.3 Å². The molecule has 0 aromatic heterocycles. The fourth-order valence-corrected chi connectivity index (χ4v) is 9.58. The normalized spacial score (nSPS) is 44.5. The van der Waals surface area contributed by atoms with E-state index in [4.69, 9.17) is 10.5 Å². The lowest BCUT2D eigenvalue weighted by atomic mass is 9.44. The van der Waals surface area contributed by atoms with Gasteiger partial charge in [-0.2, -0.15) is 0 Å². The summed E-state index contributed by atoms with van der Waals surface area (Å²) in [5, 5.41) is 0. The molecule has 184 valence electrons. The van der Waals surface area contributed by atoms with Gasteiger partial charge < -0.3 is 10.5 Å². The number of hydrogen-bond acceptors (Lipinski definition) is 3. The highest BCUT2D eigenvalue weighted by Gasteiger charge is 2.60. The van der Waals surface area contributed by atoms with E-state index < -0.39 is 0 Å². The van der Waals surface area contributed by atoms with Crippen molar-refractivity contribution in [3.05, 3.63) is 0 Å². The van der Waals surface area contributed by atoms with Crippen molar-refractivity contribution < 1.29 is 9.53 Å². The van der Waals surface area contributed by atoms with E-state index in [0.717, 1.165) is 54.3 Å². The van der Waals surface area contributed by atoms with Gasteiger partial charge in [0.15, 0.2) is 0 Å². The summed E-state index contributed by atoms with van der Waals surface area (Å²) in [6.45, 7) is 12.6. The van der Waals surface area contributed by atoms with Crippen LogP contribution in [0.3, 0.4) is 0 Å². The highest BCUT2D eigenvalue weighted by molar-refractivity contribution is 5.71. The van der Waals surface area contributed by atoms with Crippen molar-refractivity contribution >= 4 is 5.97 Å². The fraction of sp³-hybridized carbons (Fsp3) is 0.966. The van der Waals surface area contributed by atoms with Crippen molar-refractivity contribution in [1.29, 1.82) is 0 Å². The van der Waals surface area contributed by atoms with Gasteiger partial charge in [-0.25, -0.2) is 0 Å². The zero-order valence-electron chi connectivity index (χ0n) is 21.7. The summed E-state index contributed by atoms with van der Waals surface area (Å²) in [6.07, 6.45) is 16.3. The molecule has 4 saturated carbocycles. The molecule has 0 aromatic carbocycles. The maximum absolute atomic E-state index is 11.7. The van der Waals surface area contributed by atoms with E-state index in [0.29, 0.717) is 10.8 Å². The first-order chi connectivity index (χ1) is 15.2. The number of esters is 1. The number of fused-ring (bicyclic) bond motifs is 5. The van der Waals surface area contributed by atoms with Gasteiger partial charge in [-0.15, -0.1) is 0 Å². The summed E-state index contributed by atoms with van der Waals surface area (Å²) in [5.74, 6) is 5.95. The van der Waals surface area contributed by atoms with Crippen molar-refractivity contribution in [2.75, 3.05) is 6.54 Å². The molecule has 0 heterocycles. The van der Waals surface area contributed by atoms with Crippen molar-refractivity contribution in [2.45, 2.75) is 118 Å². The van der Waals surface area contributed by atoms with Gasteiger partial charge in [0, 0.05) is 0 Å². The summed E-state index contributed by atoms with van der Waals surface area (Å²) in [7, 11) is 0. The molecule has 3 nitrogen and oxygen atoms in total. The molecule has 4 aliphatic rings. The van der Waals surface area contributed by atoms with Gasteiger partial charge in [-0.05, 0) is 110 Å². The van der Waals surface area contributed by atoms with Crippen molar-refractivity contribution in [3.63, 3.8) is 0 Å². The lowest BCUT2D eigenvalue weighted by Crippen LogP contribution is -2.54. The molecule has 2 N–H and O–H groups in total. The Hall–Kier alpha value is -0.570. The van der Waals surface area contributed by atoms with Gasteiger partial charge >= 0.3 is 5.97 Å². The van der Waals surface area contributed by atoms with Gasteiger partial charge in [0.1, 0.15) is 6.10 Å². The first-order valence-electron chi connectivity index (χ1n) is 14.1. The van der Waals surface area contributed by atoms with Crippen LogP contribution < -0.4 is 5.73 Å². The minimum atomic E-state index is -0.222. The molecule has 3 heteroatoms. The summed E-state index contributed by atoms with van der Waals surface area (Å²) in [5.41, 5.74) is 6.53. The topological polar surface area (TPSA) is 52.3 Å². The van der Waals surface area contributed by atoms with E-state index in [1.807, 2.05) is 0 Å². The monoisotopic (exact) mass is 445 g/mol. The van der Waals surface area contributed by atoms with Gasteiger partial charge in [-0.1, -0.05) is 53.9 Å². The fourth-order valence-electron chi connectivity index (χ4n) is 9.58. The van der Waals surface area contributed by atoms with Crippen LogP contribution in [0.2, 0.25) is 0 Å². The maximum atomic E-state index is 11.7. The molecule has 0 saturated heterocycles. The largest absolute Gasteiger partial charge is 0.461 e. The average Bonchev–Trinajstić information content (AvgIpc) is 3.11. The Balaban J connectivity index is 1.42. The van der Waals surface area contributed by atoms with Crippen LogP contribution >= 0.6 is 0 Å². The smallest absolute Gasteiger partial charge is 0.319 e. The maximum Gasteiger partial charge on any atom is 0.319 e. The zero-order valence-corrected chi connectivity index (χ0v) is 21.7. The first-order valence-corrected chi connectivity index (χ1v) is 14.1. The van der Waals surface area contributed by atoms with Crippen LogP contribution in [0.1, 0.15) is 112 Å². The lowest BCUT2D eigenvalue weighted by Gasteiger charge is -2.61. The molecule has 0 bridgehead atoms. The molecule has 0 aliphatic heterocycles. The molecule has 0 aromatic rings. The Morgan fingerprint density at radius 2 is 1.66 bits per heavy atom. The van der Waals surface area contributed by atoms with Crippen LogP contribution in [-0.4, -0.2) is 18.6 Å². The number of ether oxygens (including phenoxy) is 1. The predicted molar refractivity (Wildman–Crippen MR) is 132 cm³/mol. The molecular weight excluding hydrogens is 394 g/mol. The SMILES string of the molecule is CC(C)CCC[C@@H](C)[C@H]1CC[C@H]2[C@@H]3CCC4CC(OC(=O)CN)CC[C@]4(C)[C@H]3CC[C@]12C. The Morgan fingerprint density at radius 3 is 2.38 bits per heavy atom. The summed E-state index contributed by atoms with van der Waals surface area (Å²) >= 11 is 0. The minimum absolute atomic E-state index is 0.0143. The molecule has 0 spiro atoms. The van der Waals surface area contributed by atoms with Gasteiger partial charge in [0.2, 0.25) is 0 Å². The van der Waals surface area contributed by atoms with E-state index in [-0.39, 0.29) is 18.6 Å². The molecule has 4 fully saturated rings. The van der Waals surface area contributed by atoms with Crippen LogP contribution in [-0.2, 0) is 9.53 Å². The van der Waals surface area contributed by atoms with Crippen molar-refractivity contribution in [2.24, 2.45) is 58.0 Å². The van der Waals surface area contributed by atoms with Crippen LogP contribution in [0.4, 0.5) is 0 Å². The molecule has 9 atom stereocenters. The molecular formula is C29H51NO2. The highest BCUT2D eigenvalue weighted by Crippen LogP contribution is 2.68. The molecule has 4 rings (SSSR count). The number of hydrogen-bond donors (Lipinski definition) is 1. The molecule has 32 heavy (non-hydrogen) atoms. The predicted octanol–water partition coefficient (Wildman–Crippen LogP) is 6.98. The number of nitrogens with two attached hydrogens (primary N) is 1. The Morgan fingerprint density at radius 1 is 0.938 bits per heavy atom. The van der Waals surface area contributed by atoms with E-state index in [1.54, 1.807) is 0 Å². The third-order valence-electron chi connectivity index (χ3n) is 11.3. The summed E-state index contributed by atoms with van der Waals surface area (Å²) < 4.78 is 5.68. The number of carbonyl (C=O) groups excluding carboxylic acids is 1. The molecule has 2 unspecified atom stereocenters. The van der Waals surface area contributed by atoms with Gasteiger partial charge in [-0.3, -0.25) is 4.79 Å². The Kier molecular flexibility index (Phi) is 7.36. The second-order valence-electron chi connectivity index (χ2n) is 13.3. The van der Waals surface area contributed by atoms with Gasteiger partial charge in [0.05, 0.1) is 6.54 Å². The van der Waals surface area contributed by atoms with Crippen LogP contribution in [0.15, 0.2) is 0 Å². The number of rotatable bonds is 7. The first kappa shape index (κ1) is 24.6. The van der Waals surface area contributed by atoms with Crippen LogP contribution in [0.25, 0.3) is 0 Å².